The summed E-state index contributed by atoms with van der Waals surface area (Å²) in [6.07, 6.45) is 0. The zero-order chi connectivity index (χ0) is 14.0. The topological polar surface area (TPSA) is 95.1 Å². The van der Waals surface area contributed by atoms with Crippen LogP contribution in [0.3, 0.4) is 0 Å². The van der Waals surface area contributed by atoms with Crippen molar-refractivity contribution >= 4 is 21.4 Å². The summed E-state index contributed by atoms with van der Waals surface area (Å²) in [6.45, 7) is 2.96. The predicted octanol–water partition coefficient (Wildman–Crippen LogP) is 1.31. The van der Waals surface area contributed by atoms with Crippen LogP contribution in [0.15, 0.2) is 21.7 Å². The number of nitrogens with one attached hydrogen (secondary N) is 2. The van der Waals surface area contributed by atoms with Gasteiger partial charge in [-0.3, -0.25) is 5.10 Å². The first-order valence-electron chi connectivity index (χ1n) is 5.65. The molecule has 0 amide bonds. The fourth-order valence-electron chi connectivity index (χ4n) is 1.81. The second-order valence-corrected chi connectivity index (χ2v) is 6.61. The van der Waals surface area contributed by atoms with Crippen molar-refractivity contribution in [1.29, 1.82) is 0 Å². The zero-order valence-corrected chi connectivity index (χ0v) is 12.2. The molecule has 2 aromatic rings. The number of hydrogen-bond acceptors (Lipinski definition) is 5. The molecule has 19 heavy (non-hydrogen) atoms. The molecule has 0 fully saturated rings. The van der Waals surface area contributed by atoms with E-state index in [1.165, 1.54) is 11.3 Å². The van der Waals surface area contributed by atoms with Gasteiger partial charge in [0.15, 0.2) is 0 Å². The van der Waals surface area contributed by atoms with Gasteiger partial charge in [-0.05, 0) is 36.2 Å². The number of aliphatic hydroxyl groups is 1. The Morgan fingerprint density at radius 2 is 2.32 bits per heavy atom. The zero-order valence-electron chi connectivity index (χ0n) is 10.5. The number of aliphatic hydroxyl groups excluding tert-OH is 1. The highest BCUT2D eigenvalue weighted by Gasteiger charge is 2.26. The van der Waals surface area contributed by atoms with Crippen LogP contribution in [0.1, 0.15) is 29.9 Å². The highest BCUT2D eigenvalue weighted by Crippen LogP contribution is 2.22. The number of rotatable bonds is 5. The van der Waals surface area contributed by atoms with E-state index in [1.54, 1.807) is 13.8 Å². The molecule has 0 radical (unpaired) electrons. The summed E-state index contributed by atoms with van der Waals surface area (Å²) < 4.78 is 27.2. The van der Waals surface area contributed by atoms with E-state index >= 15 is 0 Å². The minimum atomic E-state index is -3.71. The normalized spacial score (nSPS) is 13.6. The van der Waals surface area contributed by atoms with E-state index in [0.29, 0.717) is 5.69 Å². The minimum absolute atomic E-state index is 0.0251. The molecule has 104 valence electrons. The number of nitrogens with zero attached hydrogens (tertiary/aromatic N) is 1. The third-order valence-corrected chi connectivity index (χ3v) is 5.20. The molecule has 0 saturated heterocycles. The molecule has 2 aromatic heterocycles. The lowest BCUT2D eigenvalue weighted by atomic mass is 10.2. The van der Waals surface area contributed by atoms with Gasteiger partial charge in [-0.15, -0.1) is 0 Å². The molecular formula is C11H15N3O3S2. The van der Waals surface area contributed by atoms with Gasteiger partial charge in [-0.25, -0.2) is 13.1 Å². The molecule has 0 spiro atoms. The van der Waals surface area contributed by atoms with Crippen LogP contribution in [0.25, 0.3) is 0 Å². The monoisotopic (exact) mass is 301 g/mol. The summed E-state index contributed by atoms with van der Waals surface area (Å²) >= 11 is 1.51. The third kappa shape index (κ3) is 2.86. The first-order chi connectivity index (χ1) is 8.95. The van der Waals surface area contributed by atoms with Crippen LogP contribution >= 0.6 is 11.3 Å². The van der Waals surface area contributed by atoms with Crippen molar-refractivity contribution in [3.8, 4) is 0 Å². The van der Waals surface area contributed by atoms with E-state index in [9.17, 15) is 8.42 Å². The van der Waals surface area contributed by atoms with Crippen LogP contribution in [0.2, 0.25) is 0 Å². The van der Waals surface area contributed by atoms with Crippen molar-refractivity contribution in [2.75, 3.05) is 0 Å². The number of thiophene rings is 1. The standard InChI is InChI=1S/C11H15N3O3S2/c1-7(9-3-4-18-6-9)14-19(16,17)11-8(2)12-13-10(11)5-15/h3-4,6-7,14-15H,5H2,1-2H3,(H,12,13). The van der Waals surface area contributed by atoms with Crippen molar-refractivity contribution in [2.45, 2.75) is 31.4 Å². The highest BCUT2D eigenvalue weighted by molar-refractivity contribution is 7.89. The fraction of sp³-hybridized carbons (Fsp3) is 0.364. The van der Waals surface area contributed by atoms with Gasteiger partial charge in [0.25, 0.3) is 0 Å². The highest BCUT2D eigenvalue weighted by atomic mass is 32.2. The fourth-order valence-corrected chi connectivity index (χ4v) is 4.16. The number of hydrogen-bond donors (Lipinski definition) is 3. The van der Waals surface area contributed by atoms with Gasteiger partial charge in [0, 0.05) is 6.04 Å². The first kappa shape index (κ1) is 14.2. The molecule has 3 N–H and O–H groups in total. The van der Waals surface area contributed by atoms with Gasteiger partial charge < -0.3 is 5.11 Å². The largest absolute Gasteiger partial charge is 0.390 e. The van der Waals surface area contributed by atoms with Crippen LogP contribution in [-0.2, 0) is 16.6 Å². The van der Waals surface area contributed by atoms with Gasteiger partial charge in [-0.1, -0.05) is 0 Å². The molecule has 6 nitrogen and oxygen atoms in total. The van der Waals surface area contributed by atoms with E-state index in [0.717, 1.165) is 5.56 Å². The molecular weight excluding hydrogens is 286 g/mol. The maximum absolute atomic E-state index is 12.3. The SMILES string of the molecule is Cc1[nH]nc(CO)c1S(=O)(=O)NC(C)c1ccsc1. The Hall–Kier alpha value is -1.22. The van der Waals surface area contributed by atoms with E-state index < -0.39 is 16.6 Å². The second-order valence-electron chi connectivity index (χ2n) is 4.18. The van der Waals surface area contributed by atoms with Gasteiger partial charge in [0.05, 0.1) is 12.3 Å². The molecule has 8 heteroatoms. The van der Waals surface area contributed by atoms with E-state index in [2.05, 4.69) is 14.9 Å². The molecule has 1 atom stereocenters. The average molecular weight is 301 g/mol. The lowest BCUT2D eigenvalue weighted by molar-refractivity contribution is 0.273. The Morgan fingerprint density at radius 1 is 1.58 bits per heavy atom. The Bertz CT molecular complexity index is 647. The maximum atomic E-state index is 12.3. The Balaban J connectivity index is 2.30. The van der Waals surface area contributed by atoms with Crippen molar-refractivity contribution in [2.24, 2.45) is 0 Å². The van der Waals surface area contributed by atoms with Crippen LogP contribution in [0.5, 0.6) is 0 Å². The summed E-state index contributed by atoms with van der Waals surface area (Å²) in [6, 6.07) is 1.53. The summed E-state index contributed by atoms with van der Waals surface area (Å²) in [5.41, 5.74) is 1.44. The average Bonchev–Trinajstić information content (AvgIpc) is 2.96. The van der Waals surface area contributed by atoms with E-state index in [-0.39, 0.29) is 16.6 Å². The van der Waals surface area contributed by atoms with Crippen molar-refractivity contribution < 1.29 is 13.5 Å². The molecule has 2 heterocycles. The second kappa shape index (κ2) is 5.41. The molecule has 1 unspecified atom stereocenters. The Kier molecular flexibility index (Phi) is 4.04. The summed E-state index contributed by atoms with van der Waals surface area (Å²) in [4.78, 5) is 0.0251. The van der Waals surface area contributed by atoms with Crippen LogP contribution in [-0.4, -0.2) is 23.7 Å². The smallest absolute Gasteiger partial charge is 0.244 e. The molecule has 0 bridgehead atoms. The summed E-state index contributed by atoms with van der Waals surface area (Å²) in [5.74, 6) is 0. The lowest BCUT2D eigenvalue weighted by Gasteiger charge is -2.13. The first-order valence-corrected chi connectivity index (χ1v) is 8.07. The Morgan fingerprint density at radius 3 is 2.89 bits per heavy atom. The van der Waals surface area contributed by atoms with Gasteiger partial charge in [0.1, 0.15) is 10.6 Å². The lowest BCUT2D eigenvalue weighted by Crippen LogP contribution is -2.27. The maximum Gasteiger partial charge on any atom is 0.244 e. The van der Waals surface area contributed by atoms with Crippen molar-refractivity contribution in [3.05, 3.63) is 33.8 Å². The van der Waals surface area contributed by atoms with Crippen LogP contribution in [0.4, 0.5) is 0 Å². The summed E-state index contributed by atoms with van der Waals surface area (Å²) in [7, 11) is -3.71. The van der Waals surface area contributed by atoms with Crippen molar-refractivity contribution in [3.63, 3.8) is 0 Å². The number of aromatic nitrogens is 2. The predicted molar refractivity (Wildman–Crippen MR) is 72.3 cm³/mol. The number of sulfonamides is 1. The van der Waals surface area contributed by atoms with Crippen LogP contribution < -0.4 is 4.72 Å². The molecule has 0 aliphatic heterocycles. The number of H-pyrrole nitrogens is 1. The van der Waals surface area contributed by atoms with Crippen LogP contribution in [0, 0.1) is 6.92 Å². The van der Waals surface area contributed by atoms with E-state index in [1.807, 2.05) is 16.8 Å². The molecule has 0 saturated carbocycles. The molecule has 0 aromatic carbocycles. The van der Waals surface area contributed by atoms with Gasteiger partial charge in [0.2, 0.25) is 10.0 Å². The molecule has 0 aliphatic carbocycles. The van der Waals surface area contributed by atoms with Gasteiger partial charge >= 0.3 is 0 Å². The van der Waals surface area contributed by atoms with E-state index in [4.69, 9.17) is 5.11 Å². The minimum Gasteiger partial charge on any atom is -0.390 e. The van der Waals surface area contributed by atoms with Gasteiger partial charge in [-0.2, -0.15) is 16.4 Å². The number of aromatic amines is 1. The quantitative estimate of drug-likeness (QED) is 0.776. The van der Waals surface area contributed by atoms with Crippen molar-refractivity contribution in [1.82, 2.24) is 14.9 Å². The number of aryl methyl sites for hydroxylation is 1. The third-order valence-electron chi connectivity index (χ3n) is 2.75. The molecule has 2 rings (SSSR count). The Labute approximate surface area is 115 Å². The molecule has 0 aliphatic rings. The summed E-state index contributed by atoms with van der Waals surface area (Å²) in [5, 5.41) is 19.3.